The maximum absolute atomic E-state index is 13.2. The Kier molecular flexibility index (Phi) is 5.47. The van der Waals surface area contributed by atoms with E-state index in [1.54, 1.807) is 60.4 Å². The molecule has 0 spiro atoms. The van der Waals surface area contributed by atoms with E-state index in [4.69, 9.17) is 10.5 Å². The third kappa shape index (κ3) is 4.43. The Bertz CT molecular complexity index is 1340. The molecule has 8 nitrogen and oxygen atoms in total. The van der Waals surface area contributed by atoms with Crippen molar-refractivity contribution in [3.05, 3.63) is 72.4 Å². The lowest BCUT2D eigenvalue weighted by atomic mass is 10.1. The van der Waals surface area contributed by atoms with Gasteiger partial charge >= 0.3 is 0 Å². The highest BCUT2D eigenvalue weighted by atomic mass is 32.2. The van der Waals surface area contributed by atoms with E-state index >= 15 is 0 Å². The molecule has 0 amide bonds. The van der Waals surface area contributed by atoms with Crippen molar-refractivity contribution in [2.75, 3.05) is 16.2 Å². The normalized spacial score (nSPS) is 11.5. The van der Waals surface area contributed by atoms with Gasteiger partial charge in [0.1, 0.15) is 29.5 Å². The highest BCUT2D eigenvalue weighted by Gasteiger charge is 2.16. The topological polar surface area (TPSA) is 112 Å². The Morgan fingerprint density at radius 2 is 1.97 bits per heavy atom. The van der Waals surface area contributed by atoms with Crippen LogP contribution in [0.5, 0.6) is 5.75 Å². The summed E-state index contributed by atoms with van der Waals surface area (Å²) in [4.78, 5) is 4.11. The van der Waals surface area contributed by atoms with E-state index < -0.39 is 10.0 Å². The smallest absolute Gasteiger partial charge is 0.232 e. The molecule has 0 aliphatic carbocycles. The summed E-state index contributed by atoms with van der Waals surface area (Å²) in [5, 5.41) is 4.29. The second kappa shape index (κ2) is 8.23. The van der Waals surface area contributed by atoms with E-state index in [-0.39, 0.29) is 18.2 Å². The van der Waals surface area contributed by atoms with Gasteiger partial charge in [0, 0.05) is 18.0 Å². The molecule has 4 aromatic rings. The van der Waals surface area contributed by atoms with Crippen LogP contribution in [0.2, 0.25) is 0 Å². The van der Waals surface area contributed by atoms with Gasteiger partial charge < -0.3 is 10.5 Å². The van der Waals surface area contributed by atoms with Crippen molar-refractivity contribution in [1.29, 1.82) is 0 Å². The van der Waals surface area contributed by atoms with Crippen LogP contribution in [-0.2, 0) is 16.6 Å². The molecule has 4 rings (SSSR count). The van der Waals surface area contributed by atoms with Crippen molar-refractivity contribution >= 4 is 27.0 Å². The number of benzene rings is 2. The van der Waals surface area contributed by atoms with Crippen molar-refractivity contribution in [3.8, 4) is 16.9 Å². The van der Waals surface area contributed by atoms with Crippen LogP contribution in [0.4, 0.5) is 15.9 Å². The lowest BCUT2D eigenvalue weighted by Gasteiger charge is -2.15. The van der Waals surface area contributed by atoms with E-state index in [0.717, 1.165) is 16.7 Å². The highest BCUT2D eigenvalue weighted by Crippen LogP contribution is 2.35. The van der Waals surface area contributed by atoms with E-state index in [2.05, 4.69) is 14.8 Å². The number of rotatable bonds is 7. The maximum atomic E-state index is 13.2. The lowest BCUT2D eigenvalue weighted by molar-refractivity contribution is 0.308. The van der Waals surface area contributed by atoms with Crippen LogP contribution in [0, 0.1) is 5.82 Å². The van der Waals surface area contributed by atoms with Crippen LogP contribution in [-0.4, -0.2) is 28.8 Å². The number of nitrogens with one attached hydrogen (secondary N) is 1. The molecule has 160 valence electrons. The minimum atomic E-state index is -3.52. The van der Waals surface area contributed by atoms with Gasteiger partial charge in [0.05, 0.1) is 17.6 Å². The largest absolute Gasteiger partial charge is 0.487 e. The molecule has 2 aromatic carbocycles. The first kappa shape index (κ1) is 20.6. The summed E-state index contributed by atoms with van der Waals surface area (Å²) < 4.78 is 47.5. The van der Waals surface area contributed by atoms with E-state index in [1.165, 1.54) is 12.1 Å². The molecule has 10 heteroatoms. The number of ether oxygens (including phenoxy) is 1. The first-order chi connectivity index (χ1) is 14.9. The summed E-state index contributed by atoms with van der Waals surface area (Å²) in [6, 6.07) is 11.0. The predicted octanol–water partition coefficient (Wildman–Crippen LogP) is 3.46. The summed E-state index contributed by atoms with van der Waals surface area (Å²) in [6.45, 7) is 1.67. The molecule has 0 atom stereocenters. The SMILES string of the molecule is CCS(=O)(=O)Nc1ccc(-c2cnn3ccnc(N)c23)cc1OCc1ccc(F)cc1. The number of aromatic nitrogens is 3. The minimum Gasteiger partial charge on any atom is -0.487 e. The molecule has 0 aliphatic heterocycles. The van der Waals surface area contributed by atoms with Gasteiger partial charge in [-0.2, -0.15) is 5.10 Å². The van der Waals surface area contributed by atoms with Crippen molar-refractivity contribution in [2.24, 2.45) is 0 Å². The molecule has 0 saturated carbocycles. The van der Waals surface area contributed by atoms with Gasteiger partial charge in [0.25, 0.3) is 0 Å². The summed E-state index contributed by atoms with van der Waals surface area (Å²) in [5.41, 5.74) is 9.15. The molecule has 31 heavy (non-hydrogen) atoms. The summed E-state index contributed by atoms with van der Waals surface area (Å²) in [6.07, 6.45) is 4.90. The molecule has 0 bridgehead atoms. The van der Waals surface area contributed by atoms with Crippen LogP contribution in [0.25, 0.3) is 16.6 Å². The third-order valence-electron chi connectivity index (χ3n) is 4.71. The van der Waals surface area contributed by atoms with Gasteiger partial charge in [-0.25, -0.2) is 22.3 Å². The van der Waals surface area contributed by atoms with Crippen LogP contribution in [0.1, 0.15) is 12.5 Å². The van der Waals surface area contributed by atoms with E-state index in [0.29, 0.717) is 22.8 Å². The second-order valence-electron chi connectivity index (χ2n) is 6.80. The number of hydrogen-bond acceptors (Lipinski definition) is 6. The van der Waals surface area contributed by atoms with Crippen molar-refractivity contribution < 1.29 is 17.5 Å². The molecule has 0 saturated heterocycles. The number of hydrogen-bond donors (Lipinski definition) is 2. The number of nitrogens with two attached hydrogens (primary N) is 1. The second-order valence-corrected chi connectivity index (χ2v) is 8.81. The maximum Gasteiger partial charge on any atom is 0.232 e. The highest BCUT2D eigenvalue weighted by molar-refractivity contribution is 7.92. The Hall–Kier alpha value is -3.66. The zero-order valence-corrected chi connectivity index (χ0v) is 17.4. The number of halogens is 1. The molecular formula is C21H20FN5O3S. The summed E-state index contributed by atoms with van der Waals surface area (Å²) in [5.74, 6) is 0.212. The van der Waals surface area contributed by atoms with Crippen LogP contribution in [0.15, 0.2) is 61.1 Å². The quantitative estimate of drug-likeness (QED) is 0.454. The average molecular weight is 441 g/mol. The zero-order chi connectivity index (χ0) is 22.0. The van der Waals surface area contributed by atoms with Crippen molar-refractivity contribution in [3.63, 3.8) is 0 Å². The van der Waals surface area contributed by atoms with Gasteiger partial charge in [-0.15, -0.1) is 0 Å². The van der Waals surface area contributed by atoms with E-state index in [1.807, 2.05) is 0 Å². The fraction of sp³-hybridized carbons (Fsp3) is 0.143. The zero-order valence-electron chi connectivity index (χ0n) is 16.6. The van der Waals surface area contributed by atoms with Gasteiger partial charge in [0.15, 0.2) is 0 Å². The Morgan fingerprint density at radius 1 is 1.19 bits per heavy atom. The standard InChI is InChI=1S/C21H20FN5O3S/c1-2-31(28,29)26-18-8-5-15(17-12-25-27-10-9-24-21(23)20(17)27)11-19(18)30-13-14-3-6-16(22)7-4-14/h3-12,26H,2,13H2,1H3,(H2,23,24). The fourth-order valence-corrected chi connectivity index (χ4v) is 3.70. The predicted molar refractivity (Wildman–Crippen MR) is 117 cm³/mol. The number of nitrogen functional groups attached to an aromatic ring is 1. The number of fused-ring (bicyclic) bond motifs is 1. The summed E-state index contributed by atoms with van der Waals surface area (Å²) >= 11 is 0. The van der Waals surface area contributed by atoms with Gasteiger partial charge in [0.2, 0.25) is 10.0 Å². The van der Waals surface area contributed by atoms with Crippen LogP contribution < -0.4 is 15.2 Å². The number of anilines is 2. The van der Waals surface area contributed by atoms with Gasteiger partial charge in [-0.1, -0.05) is 18.2 Å². The monoisotopic (exact) mass is 441 g/mol. The Balaban J connectivity index is 1.74. The molecule has 0 unspecified atom stereocenters. The molecule has 2 aromatic heterocycles. The first-order valence-corrected chi connectivity index (χ1v) is 11.1. The summed E-state index contributed by atoms with van der Waals surface area (Å²) in [7, 11) is -3.52. The van der Waals surface area contributed by atoms with Crippen molar-refractivity contribution in [2.45, 2.75) is 13.5 Å². The fourth-order valence-electron chi connectivity index (χ4n) is 3.05. The first-order valence-electron chi connectivity index (χ1n) is 9.46. The Labute approximate surface area is 178 Å². The minimum absolute atomic E-state index is 0.0809. The number of nitrogens with zero attached hydrogens (tertiary/aromatic N) is 3. The van der Waals surface area contributed by atoms with Crippen LogP contribution >= 0.6 is 0 Å². The molecule has 2 heterocycles. The third-order valence-corrected chi connectivity index (χ3v) is 6.00. The average Bonchev–Trinajstić information content (AvgIpc) is 3.19. The van der Waals surface area contributed by atoms with Gasteiger partial charge in [-0.05, 0) is 42.3 Å². The molecule has 0 radical (unpaired) electrons. The van der Waals surface area contributed by atoms with E-state index in [9.17, 15) is 12.8 Å². The molecular weight excluding hydrogens is 421 g/mol. The van der Waals surface area contributed by atoms with Crippen molar-refractivity contribution in [1.82, 2.24) is 14.6 Å². The lowest BCUT2D eigenvalue weighted by Crippen LogP contribution is -2.15. The van der Waals surface area contributed by atoms with Crippen LogP contribution in [0.3, 0.4) is 0 Å². The number of sulfonamides is 1. The molecule has 0 aliphatic rings. The Morgan fingerprint density at radius 3 is 2.71 bits per heavy atom. The van der Waals surface area contributed by atoms with Gasteiger partial charge in [-0.3, -0.25) is 4.72 Å². The molecule has 0 fully saturated rings. The molecule has 3 N–H and O–H groups in total.